The number of aromatic carboxylic acids is 1. The molecule has 1 aromatic carbocycles. The SMILES string of the molecule is CCC1(NS(=O)(=O)c2cc(C(=O)O)cc(Br)c2C)CCC1. The Labute approximate surface area is 132 Å². The van der Waals surface area contributed by atoms with Crippen LogP contribution in [0.5, 0.6) is 0 Å². The predicted octanol–water partition coefficient (Wildman–Crippen LogP) is 3.07. The minimum Gasteiger partial charge on any atom is -0.478 e. The van der Waals surface area contributed by atoms with E-state index >= 15 is 0 Å². The van der Waals surface area contributed by atoms with Crippen LogP contribution in [0.3, 0.4) is 0 Å². The smallest absolute Gasteiger partial charge is 0.335 e. The molecule has 1 aliphatic carbocycles. The van der Waals surface area contributed by atoms with E-state index in [-0.39, 0.29) is 16.0 Å². The number of benzene rings is 1. The maximum absolute atomic E-state index is 12.6. The zero-order chi connectivity index (χ0) is 15.8. The predicted molar refractivity (Wildman–Crippen MR) is 83.0 cm³/mol. The van der Waals surface area contributed by atoms with Crippen LogP contribution < -0.4 is 4.72 Å². The molecule has 1 aliphatic rings. The van der Waals surface area contributed by atoms with Crippen molar-refractivity contribution >= 4 is 31.9 Å². The lowest BCUT2D eigenvalue weighted by molar-refractivity contribution is 0.0696. The first-order chi connectivity index (χ1) is 9.71. The number of hydrogen-bond acceptors (Lipinski definition) is 3. The maximum Gasteiger partial charge on any atom is 0.335 e. The van der Waals surface area contributed by atoms with E-state index in [0.29, 0.717) is 10.0 Å². The summed E-state index contributed by atoms with van der Waals surface area (Å²) in [6.07, 6.45) is 3.38. The number of carboxylic acid groups (broad SMARTS) is 1. The summed E-state index contributed by atoms with van der Waals surface area (Å²) in [7, 11) is -3.74. The first-order valence-electron chi connectivity index (χ1n) is 6.78. The molecule has 5 nitrogen and oxygen atoms in total. The van der Waals surface area contributed by atoms with Gasteiger partial charge in [0.15, 0.2) is 0 Å². The number of rotatable bonds is 5. The van der Waals surface area contributed by atoms with Gasteiger partial charge in [0.2, 0.25) is 10.0 Å². The van der Waals surface area contributed by atoms with Crippen LogP contribution in [0.4, 0.5) is 0 Å². The molecule has 1 saturated carbocycles. The van der Waals surface area contributed by atoms with Crippen LogP contribution in [0.2, 0.25) is 0 Å². The Morgan fingerprint density at radius 3 is 2.48 bits per heavy atom. The average Bonchev–Trinajstić information content (AvgIpc) is 2.36. The molecule has 0 bridgehead atoms. The minimum atomic E-state index is -3.74. The summed E-state index contributed by atoms with van der Waals surface area (Å²) in [5.41, 5.74) is 0.0850. The Morgan fingerprint density at radius 2 is 2.05 bits per heavy atom. The summed E-state index contributed by atoms with van der Waals surface area (Å²) in [4.78, 5) is 11.1. The second-order valence-corrected chi connectivity index (χ2v) is 7.98. The van der Waals surface area contributed by atoms with Gasteiger partial charge in [-0.2, -0.15) is 0 Å². The molecular formula is C14H18BrNO4S. The van der Waals surface area contributed by atoms with Gasteiger partial charge in [0.25, 0.3) is 0 Å². The van der Waals surface area contributed by atoms with Crippen molar-refractivity contribution in [2.45, 2.75) is 50.0 Å². The van der Waals surface area contributed by atoms with E-state index in [1.165, 1.54) is 12.1 Å². The number of halogens is 1. The molecule has 1 fully saturated rings. The Kier molecular flexibility index (Phi) is 4.46. The molecule has 2 N–H and O–H groups in total. The molecule has 0 heterocycles. The quantitative estimate of drug-likeness (QED) is 0.827. The molecule has 7 heteroatoms. The molecule has 0 aromatic heterocycles. The summed E-state index contributed by atoms with van der Waals surface area (Å²) < 4.78 is 28.5. The fourth-order valence-electron chi connectivity index (χ4n) is 2.53. The van der Waals surface area contributed by atoms with Crippen molar-refractivity contribution in [2.24, 2.45) is 0 Å². The lowest BCUT2D eigenvalue weighted by atomic mass is 9.76. The summed E-state index contributed by atoms with van der Waals surface area (Å²) in [6.45, 7) is 3.61. The Bertz CT molecular complexity index is 675. The van der Waals surface area contributed by atoms with Gasteiger partial charge in [-0.15, -0.1) is 0 Å². The van der Waals surface area contributed by atoms with Crippen molar-refractivity contribution in [1.82, 2.24) is 4.72 Å². The number of nitrogens with one attached hydrogen (secondary N) is 1. The molecule has 0 radical (unpaired) electrons. The van der Waals surface area contributed by atoms with Gasteiger partial charge in [-0.05, 0) is 50.3 Å². The van der Waals surface area contributed by atoms with Gasteiger partial charge >= 0.3 is 5.97 Å². The Balaban J connectivity index is 2.46. The average molecular weight is 376 g/mol. The van der Waals surface area contributed by atoms with Crippen LogP contribution in [-0.4, -0.2) is 25.0 Å². The van der Waals surface area contributed by atoms with Crippen LogP contribution in [0, 0.1) is 6.92 Å². The van der Waals surface area contributed by atoms with E-state index in [1.807, 2.05) is 6.92 Å². The van der Waals surface area contributed by atoms with E-state index < -0.39 is 16.0 Å². The van der Waals surface area contributed by atoms with Crippen LogP contribution in [0.25, 0.3) is 0 Å². The largest absolute Gasteiger partial charge is 0.478 e. The number of hydrogen-bond donors (Lipinski definition) is 2. The van der Waals surface area contributed by atoms with Crippen LogP contribution in [0.1, 0.15) is 48.5 Å². The highest BCUT2D eigenvalue weighted by atomic mass is 79.9. The second kappa shape index (κ2) is 5.70. The summed E-state index contributed by atoms with van der Waals surface area (Å²) in [5.74, 6) is -1.15. The third kappa shape index (κ3) is 3.14. The van der Waals surface area contributed by atoms with E-state index in [4.69, 9.17) is 5.11 Å². The molecule has 2 rings (SSSR count). The fraction of sp³-hybridized carbons (Fsp3) is 0.500. The molecule has 116 valence electrons. The van der Waals surface area contributed by atoms with Crippen molar-refractivity contribution in [2.75, 3.05) is 0 Å². The monoisotopic (exact) mass is 375 g/mol. The summed E-state index contributed by atoms with van der Waals surface area (Å²) in [5, 5.41) is 9.09. The van der Waals surface area contributed by atoms with Crippen molar-refractivity contribution in [3.63, 3.8) is 0 Å². The number of carbonyl (C=O) groups is 1. The Morgan fingerprint density at radius 1 is 1.43 bits per heavy atom. The molecule has 1 aromatic rings. The van der Waals surface area contributed by atoms with Crippen molar-refractivity contribution in [3.05, 3.63) is 27.7 Å². The number of sulfonamides is 1. The standard InChI is InChI=1S/C14H18BrNO4S/c1-3-14(5-4-6-14)16-21(19,20)12-8-10(13(17)18)7-11(15)9(12)2/h7-8,16H,3-6H2,1-2H3,(H,17,18). The van der Waals surface area contributed by atoms with Crippen molar-refractivity contribution < 1.29 is 18.3 Å². The van der Waals surface area contributed by atoms with E-state index in [1.54, 1.807) is 6.92 Å². The first kappa shape index (κ1) is 16.5. The minimum absolute atomic E-state index is 0.0222. The third-order valence-electron chi connectivity index (χ3n) is 4.17. The molecule has 21 heavy (non-hydrogen) atoms. The highest BCUT2D eigenvalue weighted by Gasteiger charge is 2.39. The van der Waals surface area contributed by atoms with Gasteiger partial charge < -0.3 is 5.11 Å². The maximum atomic E-state index is 12.6. The van der Waals surface area contributed by atoms with Gasteiger partial charge in [-0.25, -0.2) is 17.9 Å². The molecule has 0 unspecified atom stereocenters. The van der Waals surface area contributed by atoms with E-state index in [2.05, 4.69) is 20.7 Å². The molecule has 0 spiro atoms. The zero-order valence-corrected chi connectivity index (χ0v) is 14.3. The fourth-order valence-corrected chi connectivity index (χ4v) is 4.94. The first-order valence-corrected chi connectivity index (χ1v) is 9.06. The van der Waals surface area contributed by atoms with Gasteiger partial charge in [-0.1, -0.05) is 22.9 Å². The summed E-state index contributed by atoms with van der Waals surface area (Å²) >= 11 is 3.23. The van der Waals surface area contributed by atoms with Gasteiger partial charge in [-0.3, -0.25) is 0 Å². The number of carboxylic acids is 1. The van der Waals surface area contributed by atoms with Gasteiger partial charge in [0.05, 0.1) is 10.5 Å². The highest BCUT2D eigenvalue weighted by molar-refractivity contribution is 9.10. The van der Waals surface area contributed by atoms with Gasteiger partial charge in [0.1, 0.15) is 0 Å². The molecule has 0 amide bonds. The molecule has 0 saturated heterocycles. The van der Waals surface area contributed by atoms with E-state index in [0.717, 1.165) is 25.7 Å². The van der Waals surface area contributed by atoms with Gasteiger partial charge in [0, 0.05) is 10.0 Å². The highest BCUT2D eigenvalue weighted by Crippen LogP contribution is 2.37. The third-order valence-corrected chi connectivity index (χ3v) is 6.70. The normalized spacial score (nSPS) is 17.3. The van der Waals surface area contributed by atoms with Crippen LogP contribution in [-0.2, 0) is 10.0 Å². The van der Waals surface area contributed by atoms with E-state index in [9.17, 15) is 13.2 Å². The van der Waals surface area contributed by atoms with Crippen molar-refractivity contribution in [3.8, 4) is 0 Å². The Hall–Kier alpha value is -0.920. The second-order valence-electron chi connectivity index (χ2n) is 5.48. The lowest BCUT2D eigenvalue weighted by Crippen LogP contribution is -2.52. The zero-order valence-electron chi connectivity index (χ0n) is 11.9. The topological polar surface area (TPSA) is 83.5 Å². The molecule has 0 atom stereocenters. The summed E-state index contributed by atoms with van der Waals surface area (Å²) in [6, 6.07) is 2.63. The molecular weight excluding hydrogens is 358 g/mol. The van der Waals surface area contributed by atoms with Crippen LogP contribution >= 0.6 is 15.9 Å². The lowest BCUT2D eigenvalue weighted by Gasteiger charge is -2.41. The molecule has 0 aliphatic heterocycles. The van der Waals surface area contributed by atoms with Crippen molar-refractivity contribution in [1.29, 1.82) is 0 Å². The van der Waals surface area contributed by atoms with Crippen LogP contribution in [0.15, 0.2) is 21.5 Å².